The molecule has 0 spiro atoms. The van der Waals surface area contributed by atoms with Crippen LogP contribution in [0.25, 0.3) is 0 Å². The second-order valence-electron chi connectivity index (χ2n) is 5.53. The van der Waals surface area contributed by atoms with E-state index >= 15 is 0 Å². The lowest BCUT2D eigenvalue weighted by molar-refractivity contribution is -0.116. The number of Topliss-reactive ketones (excluding diaryl/α,β-unsaturated/α-hetero) is 1. The molecule has 1 saturated heterocycles. The van der Waals surface area contributed by atoms with Crippen molar-refractivity contribution in [2.45, 2.75) is 24.3 Å². The van der Waals surface area contributed by atoms with E-state index in [4.69, 9.17) is 0 Å². The van der Waals surface area contributed by atoms with Crippen molar-refractivity contribution in [3.63, 3.8) is 0 Å². The minimum Gasteiger partial charge on any atom is -0.298 e. The predicted octanol–water partition coefficient (Wildman–Crippen LogP) is 2.70. The summed E-state index contributed by atoms with van der Waals surface area (Å²) < 4.78 is 27.0. The van der Waals surface area contributed by atoms with Gasteiger partial charge in [-0.2, -0.15) is 4.31 Å². The van der Waals surface area contributed by atoms with Gasteiger partial charge in [-0.25, -0.2) is 8.42 Å². The third-order valence-electron chi connectivity index (χ3n) is 3.91. The van der Waals surface area contributed by atoms with Gasteiger partial charge in [-0.05, 0) is 24.6 Å². The number of ketones is 1. The zero-order chi connectivity index (χ0) is 15.7. The van der Waals surface area contributed by atoms with E-state index in [1.165, 1.54) is 4.31 Å². The van der Waals surface area contributed by atoms with E-state index in [0.29, 0.717) is 0 Å². The third kappa shape index (κ3) is 2.69. The number of carbonyl (C=O) groups is 1. The zero-order valence-electron chi connectivity index (χ0n) is 12.3. The molecule has 3 rings (SSSR count). The van der Waals surface area contributed by atoms with Crippen LogP contribution in [0, 0.1) is 6.92 Å². The number of hydrogen-bond acceptors (Lipinski definition) is 3. The SMILES string of the molecule is Cc1ccc(S(=O)(=O)N2CC(=O)CC2c2ccccc2)cc1. The van der Waals surface area contributed by atoms with Gasteiger partial charge in [0.2, 0.25) is 10.0 Å². The molecule has 0 N–H and O–H groups in total. The Bertz CT molecular complexity index is 782. The third-order valence-corrected chi connectivity index (χ3v) is 5.78. The Kier molecular flexibility index (Phi) is 3.85. The smallest absolute Gasteiger partial charge is 0.244 e. The van der Waals surface area contributed by atoms with E-state index in [9.17, 15) is 13.2 Å². The first-order valence-electron chi connectivity index (χ1n) is 7.13. The average Bonchev–Trinajstić information content (AvgIpc) is 2.91. The monoisotopic (exact) mass is 315 g/mol. The standard InChI is InChI=1S/C17H17NO3S/c1-13-7-9-16(10-8-13)22(20,21)18-12-15(19)11-17(18)14-5-3-2-4-6-14/h2-10,17H,11-12H2,1H3. The normalized spacial score (nSPS) is 19.5. The number of benzene rings is 2. The van der Waals surface area contributed by atoms with Gasteiger partial charge in [0.25, 0.3) is 0 Å². The molecule has 2 aromatic carbocycles. The van der Waals surface area contributed by atoms with Gasteiger partial charge in [0.05, 0.1) is 17.5 Å². The molecule has 114 valence electrons. The largest absolute Gasteiger partial charge is 0.298 e. The van der Waals surface area contributed by atoms with Crippen molar-refractivity contribution in [2.75, 3.05) is 6.54 Å². The average molecular weight is 315 g/mol. The molecule has 0 aromatic heterocycles. The van der Waals surface area contributed by atoms with Crippen molar-refractivity contribution in [1.29, 1.82) is 0 Å². The topological polar surface area (TPSA) is 54.5 Å². The Labute approximate surface area is 130 Å². The molecule has 1 aliphatic heterocycles. The minimum absolute atomic E-state index is 0.0514. The molecular formula is C17H17NO3S. The van der Waals surface area contributed by atoms with Gasteiger partial charge < -0.3 is 0 Å². The molecule has 5 heteroatoms. The maximum Gasteiger partial charge on any atom is 0.244 e. The highest BCUT2D eigenvalue weighted by molar-refractivity contribution is 7.89. The summed E-state index contributed by atoms with van der Waals surface area (Å²) in [5.41, 5.74) is 1.85. The molecule has 1 aliphatic rings. The lowest BCUT2D eigenvalue weighted by Gasteiger charge is -2.23. The summed E-state index contributed by atoms with van der Waals surface area (Å²) in [6, 6.07) is 15.6. The highest BCUT2D eigenvalue weighted by Crippen LogP contribution is 2.34. The summed E-state index contributed by atoms with van der Waals surface area (Å²) in [5.74, 6) is -0.0514. The van der Waals surface area contributed by atoms with Crippen LogP contribution in [0.5, 0.6) is 0 Å². The van der Waals surface area contributed by atoms with E-state index in [0.717, 1.165) is 11.1 Å². The molecule has 0 saturated carbocycles. The van der Waals surface area contributed by atoms with Gasteiger partial charge in [-0.3, -0.25) is 4.79 Å². The van der Waals surface area contributed by atoms with Crippen molar-refractivity contribution in [1.82, 2.24) is 4.31 Å². The van der Waals surface area contributed by atoms with Gasteiger partial charge in [-0.1, -0.05) is 48.0 Å². The van der Waals surface area contributed by atoms with Crippen LogP contribution in [0.2, 0.25) is 0 Å². The van der Waals surface area contributed by atoms with E-state index in [-0.39, 0.29) is 23.6 Å². The maximum atomic E-state index is 12.8. The van der Waals surface area contributed by atoms with E-state index in [1.54, 1.807) is 24.3 Å². The number of hydrogen-bond donors (Lipinski definition) is 0. The second-order valence-corrected chi connectivity index (χ2v) is 7.42. The molecule has 1 atom stereocenters. The predicted molar refractivity (Wildman–Crippen MR) is 83.9 cm³/mol. The molecule has 4 nitrogen and oxygen atoms in total. The summed E-state index contributed by atoms with van der Waals surface area (Å²) in [7, 11) is -3.67. The van der Waals surface area contributed by atoms with Gasteiger partial charge in [0.1, 0.15) is 5.78 Å². The lowest BCUT2D eigenvalue weighted by atomic mass is 10.1. The van der Waals surface area contributed by atoms with Crippen LogP contribution in [-0.2, 0) is 14.8 Å². The quantitative estimate of drug-likeness (QED) is 0.875. The molecule has 0 radical (unpaired) electrons. The summed E-state index contributed by atoms with van der Waals surface area (Å²) >= 11 is 0. The Morgan fingerprint density at radius 1 is 1.00 bits per heavy atom. The van der Waals surface area contributed by atoms with E-state index in [1.807, 2.05) is 37.3 Å². The summed E-state index contributed by atoms with van der Waals surface area (Å²) in [6.45, 7) is 1.85. The molecule has 0 aliphatic carbocycles. The maximum absolute atomic E-state index is 12.8. The molecule has 0 amide bonds. The molecular weight excluding hydrogens is 298 g/mol. The van der Waals surface area contributed by atoms with E-state index in [2.05, 4.69) is 0 Å². The second kappa shape index (κ2) is 5.66. The lowest BCUT2D eigenvalue weighted by Crippen LogP contribution is -2.31. The van der Waals surface area contributed by atoms with Crippen LogP contribution in [0.15, 0.2) is 59.5 Å². The Hall–Kier alpha value is -1.98. The molecule has 1 fully saturated rings. The summed E-state index contributed by atoms with van der Waals surface area (Å²) in [6.07, 6.45) is 0.231. The first kappa shape index (κ1) is 14.9. The summed E-state index contributed by atoms with van der Waals surface area (Å²) in [5, 5.41) is 0. The van der Waals surface area contributed by atoms with Crippen LogP contribution >= 0.6 is 0 Å². The first-order valence-corrected chi connectivity index (χ1v) is 8.57. The Morgan fingerprint density at radius 2 is 1.64 bits per heavy atom. The number of aryl methyl sites for hydroxylation is 1. The number of sulfonamides is 1. The summed E-state index contributed by atoms with van der Waals surface area (Å²) in [4.78, 5) is 12.1. The van der Waals surface area contributed by atoms with Crippen LogP contribution in [-0.4, -0.2) is 25.1 Å². The van der Waals surface area contributed by atoms with Crippen molar-refractivity contribution < 1.29 is 13.2 Å². The van der Waals surface area contributed by atoms with E-state index < -0.39 is 16.1 Å². The van der Waals surface area contributed by atoms with Gasteiger partial charge in [-0.15, -0.1) is 0 Å². The van der Waals surface area contributed by atoms with Crippen LogP contribution < -0.4 is 0 Å². The molecule has 2 aromatic rings. The minimum atomic E-state index is -3.67. The van der Waals surface area contributed by atoms with Crippen molar-refractivity contribution in [3.8, 4) is 0 Å². The number of carbonyl (C=O) groups excluding carboxylic acids is 1. The van der Waals surface area contributed by atoms with Crippen LogP contribution in [0.1, 0.15) is 23.6 Å². The molecule has 22 heavy (non-hydrogen) atoms. The highest BCUT2D eigenvalue weighted by atomic mass is 32.2. The van der Waals surface area contributed by atoms with Gasteiger partial charge in [0.15, 0.2) is 0 Å². The number of rotatable bonds is 3. The fourth-order valence-electron chi connectivity index (χ4n) is 2.72. The Morgan fingerprint density at radius 3 is 2.27 bits per heavy atom. The van der Waals surface area contributed by atoms with Crippen LogP contribution in [0.4, 0.5) is 0 Å². The van der Waals surface area contributed by atoms with Crippen LogP contribution in [0.3, 0.4) is 0 Å². The molecule has 1 unspecified atom stereocenters. The van der Waals surface area contributed by atoms with Crippen molar-refractivity contribution >= 4 is 15.8 Å². The fourth-order valence-corrected chi connectivity index (χ4v) is 4.32. The van der Waals surface area contributed by atoms with Gasteiger partial charge in [0, 0.05) is 6.42 Å². The van der Waals surface area contributed by atoms with Gasteiger partial charge >= 0.3 is 0 Å². The highest BCUT2D eigenvalue weighted by Gasteiger charge is 2.40. The molecule has 0 bridgehead atoms. The fraction of sp³-hybridized carbons (Fsp3) is 0.235. The number of nitrogens with zero attached hydrogens (tertiary/aromatic N) is 1. The molecule has 1 heterocycles. The first-order chi connectivity index (χ1) is 10.5. The Balaban J connectivity index is 2.01. The zero-order valence-corrected chi connectivity index (χ0v) is 13.1. The van der Waals surface area contributed by atoms with Crippen molar-refractivity contribution in [2.24, 2.45) is 0 Å². The van der Waals surface area contributed by atoms with Crippen molar-refractivity contribution in [3.05, 3.63) is 65.7 Å².